The third-order valence-electron chi connectivity index (χ3n) is 3.52. The molecule has 0 radical (unpaired) electrons. The van der Waals surface area contributed by atoms with Crippen LogP contribution < -0.4 is 10.7 Å². The number of hydrazone groups is 1. The molecule has 0 atom stereocenters. The molecule has 22 heavy (non-hydrogen) atoms. The third kappa shape index (κ3) is 5.27. The monoisotopic (exact) mass is 305 g/mol. The number of rotatable bonds is 7. The molecule has 0 bridgehead atoms. The second kappa shape index (κ2) is 8.26. The summed E-state index contributed by atoms with van der Waals surface area (Å²) in [4.78, 5) is 22.6. The van der Waals surface area contributed by atoms with Crippen LogP contribution >= 0.6 is 0 Å². The van der Waals surface area contributed by atoms with Gasteiger partial charge in [-0.25, -0.2) is 9.82 Å². The minimum atomic E-state index is -0.203. The third-order valence-corrected chi connectivity index (χ3v) is 3.52. The van der Waals surface area contributed by atoms with E-state index in [0.29, 0.717) is 50.6 Å². The fraction of sp³-hybridized carbons (Fsp3) is 0.438. The minimum absolute atomic E-state index is 0.0480. The van der Waals surface area contributed by atoms with Gasteiger partial charge in [0.25, 0.3) is 0 Å². The van der Waals surface area contributed by atoms with Crippen molar-refractivity contribution in [3.05, 3.63) is 35.6 Å². The van der Waals surface area contributed by atoms with Crippen LogP contribution in [0.2, 0.25) is 0 Å². The standard InChI is InChI=1S/C16H20FN3O2/c17-14-6-2-1-4-12(14)5-3-11-18-15(21)9-7-13-8-10-16(22)20-19-13/h1-2,4,6H,3,5,7-11H2,(H,18,21)(H,20,22). The number of amides is 2. The summed E-state index contributed by atoms with van der Waals surface area (Å²) < 4.78 is 13.4. The molecule has 118 valence electrons. The average molecular weight is 305 g/mol. The van der Waals surface area contributed by atoms with Gasteiger partial charge >= 0.3 is 0 Å². The predicted molar refractivity (Wildman–Crippen MR) is 81.8 cm³/mol. The van der Waals surface area contributed by atoms with Crippen LogP contribution in [0.5, 0.6) is 0 Å². The highest BCUT2D eigenvalue weighted by molar-refractivity contribution is 5.94. The van der Waals surface area contributed by atoms with Crippen molar-refractivity contribution in [3.63, 3.8) is 0 Å². The summed E-state index contributed by atoms with van der Waals surface area (Å²) in [5.74, 6) is -0.333. The van der Waals surface area contributed by atoms with Crippen molar-refractivity contribution in [2.24, 2.45) is 5.10 Å². The zero-order valence-electron chi connectivity index (χ0n) is 12.4. The molecule has 0 fully saturated rings. The first-order valence-corrected chi connectivity index (χ1v) is 7.49. The molecular formula is C16H20FN3O2. The van der Waals surface area contributed by atoms with Crippen LogP contribution in [0.25, 0.3) is 0 Å². The van der Waals surface area contributed by atoms with Gasteiger partial charge in [-0.1, -0.05) is 18.2 Å². The molecule has 1 aliphatic rings. The number of carbonyl (C=O) groups excluding carboxylic acids is 2. The summed E-state index contributed by atoms with van der Waals surface area (Å²) in [6, 6.07) is 6.67. The molecule has 0 aliphatic carbocycles. The molecule has 2 rings (SSSR count). The van der Waals surface area contributed by atoms with E-state index in [4.69, 9.17) is 0 Å². The van der Waals surface area contributed by atoms with Gasteiger partial charge in [0.15, 0.2) is 0 Å². The van der Waals surface area contributed by atoms with E-state index in [1.165, 1.54) is 6.07 Å². The van der Waals surface area contributed by atoms with Gasteiger partial charge in [0.2, 0.25) is 11.8 Å². The fourth-order valence-corrected chi connectivity index (χ4v) is 2.25. The number of nitrogens with zero attached hydrogens (tertiary/aromatic N) is 1. The second-order valence-electron chi connectivity index (χ2n) is 5.26. The Kier molecular flexibility index (Phi) is 6.06. The van der Waals surface area contributed by atoms with Gasteiger partial charge < -0.3 is 5.32 Å². The predicted octanol–water partition coefficient (Wildman–Crippen LogP) is 1.92. The van der Waals surface area contributed by atoms with E-state index in [1.54, 1.807) is 18.2 Å². The average Bonchev–Trinajstić information content (AvgIpc) is 2.52. The topological polar surface area (TPSA) is 70.6 Å². The SMILES string of the molecule is O=C(CCC1=NNC(=O)CC1)NCCCc1ccccc1F. The molecule has 1 aliphatic heterocycles. The van der Waals surface area contributed by atoms with E-state index in [9.17, 15) is 14.0 Å². The molecule has 0 saturated heterocycles. The highest BCUT2D eigenvalue weighted by atomic mass is 19.1. The van der Waals surface area contributed by atoms with Crippen LogP contribution in [-0.4, -0.2) is 24.1 Å². The summed E-state index contributed by atoms with van der Waals surface area (Å²) in [5.41, 5.74) is 3.93. The number of benzene rings is 1. The lowest BCUT2D eigenvalue weighted by molar-refractivity contribution is -0.121. The first kappa shape index (κ1) is 16.1. The number of halogens is 1. The molecule has 1 aromatic rings. The first-order chi connectivity index (χ1) is 10.6. The largest absolute Gasteiger partial charge is 0.356 e. The van der Waals surface area contributed by atoms with Crippen molar-refractivity contribution in [1.29, 1.82) is 0 Å². The van der Waals surface area contributed by atoms with Gasteiger partial charge in [-0.15, -0.1) is 0 Å². The molecule has 5 nitrogen and oxygen atoms in total. The Morgan fingerprint density at radius 2 is 2.09 bits per heavy atom. The minimum Gasteiger partial charge on any atom is -0.356 e. The van der Waals surface area contributed by atoms with E-state index in [2.05, 4.69) is 15.8 Å². The molecule has 2 N–H and O–H groups in total. The van der Waals surface area contributed by atoms with E-state index < -0.39 is 0 Å². The number of nitrogens with one attached hydrogen (secondary N) is 2. The smallest absolute Gasteiger partial charge is 0.240 e. The van der Waals surface area contributed by atoms with Crippen LogP contribution in [0.1, 0.15) is 37.7 Å². The van der Waals surface area contributed by atoms with Gasteiger partial charge in [0, 0.05) is 25.1 Å². The number of hydrogen-bond donors (Lipinski definition) is 2. The van der Waals surface area contributed by atoms with Crippen molar-refractivity contribution < 1.29 is 14.0 Å². The Morgan fingerprint density at radius 3 is 2.82 bits per heavy atom. The summed E-state index contributed by atoms with van der Waals surface area (Å²) in [6.07, 6.45) is 3.26. The van der Waals surface area contributed by atoms with Gasteiger partial charge in [0.05, 0.1) is 0 Å². The molecule has 1 heterocycles. The second-order valence-corrected chi connectivity index (χ2v) is 5.26. The lowest BCUT2D eigenvalue weighted by atomic mass is 10.1. The Balaban J connectivity index is 1.60. The maximum absolute atomic E-state index is 13.4. The molecule has 0 aromatic heterocycles. The maximum atomic E-state index is 13.4. The van der Waals surface area contributed by atoms with Crippen LogP contribution in [0.4, 0.5) is 4.39 Å². The molecular weight excluding hydrogens is 285 g/mol. The summed E-state index contributed by atoms with van der Waals surface area (Å²) in [7, 11) is 0. The number of aryl methyl sites for hydroxylation is 1. The molecule has 0 unspecified atom stereocenters. The molecule has 2 amide bonds. The van der Waals surface area contributed by atoms with Crippen molar-refractivity contribution in [2.75, 3.05) is 6.54 Å². The quantitative estimate of drug-likeness (QED) is 0.756. The molecule has 0 spiro atoms. The zero-order valence-corrected chi connectivity index (χ0v) is 12.4. The zero-order chi connectivity index (χ0) is 15.8. The fourth-order valence-electron chi connectivity index (χ4n) is 2.25. The Morgan fingerprint density at radius 1 is 1.27 bits per heavy atom. The molecule has 0 saturated carbocycles. The lowest BCUT2D eigenvalue weighted by Gasteiger charge is -2.11. The van der Waals surface area contributed by atoms with Crippen LogP contribution in [0.15, 0.2) is 29.4 Å². The lowest BCUT2D eigenvalue weighted by Crippen LogP contribution is -2.28. The Labute approximate surface area is 129 Å². The highest BCUT2D eigenvalue weighted by Crippen LogP contribution is 2.08. The van der Waals surface area contributed by atoms with Gasteiger partial charge in [-0.2, -0.15) is 5.10 Å². The van der Waals surface area contributed by atoms with Crippen molar-refractivity contribution >= 4 is 17.5 Å². The van der Waals surface area contributed by atoms with E-state index in [-0.39, 0.29) is 17.6 Å². The van der Waals surface area contributed by atoms with Gasteiger partial charge in [-0.3, -0.25) is 9.59 Å². The summed E-state index contributed by atoms with van der Waals surface area (Å²) in [5, 5.41) is 6.74. The van der Waals surface area contributed by atoms with Crippen molar-refractivity contribution in [2.45, 2.75) is 38.5 Å². The Bertz CT molecular complexity index is 572. The van der Waals surface area contributed by atoms with Gasteiger partial charge in [-0.05, 0) is 37.3 Å². The van der Waals surface area contributed by atoms with E-state index in [1.807, 2.05) is 0 Å². The molecule has 1 aromatic carbocycles. The molecule has 6 heteroatoms. The van der Waals surface area contributed by atoms with Crippen molar-refractivity contribution in [3.8, 4) is 0 Å². The number of carbonyl (C=O) groups is 2. The normalized spacial score (nSPS) is 14.2. The highest BCUT2D eigenvalue weighted by Gasteiger charge is 2.12. The van der Waals surface area contributed by atoms with Gasteiger partial charge in [0.1, 0.15) is 5.82 Å². The maximum Gasteiger partial charge on any atom is 0.240 e. The summed E-state index contributed by atoms with van der Waals surface area (Å²) >= 11 is 0. The first-order valence-electron chi connectivity index (χ1n) is 7.49. The summed E-state index contributed by atoms with van der Waals surface area (Å²) in [6.45, 7) is 0.524. The van der Waals surface area contributed by atoms with E-state index >= 15 is 0 Å². The Hall–Kier alpha value is -2.24. The van der Waals surface area contributed by atoms with Crippen LogP contribution in [-0.2, 0) is 16.0 Å². The van der Waals surface area contributed by atoms with Crippen LogP contribution in [0.3, 0.4) is 0 Å². The van der Waals surface area contributed by atoms with Crippen LogP contribution in [0, 0.1) is 5.82 Å². The number of hydrogen-bond acceptors (Lipinski definition) is 3. The van der Waals surface area contributed by atoms with Crippen molar-refractivity contribution in [1.82, 2.24) is 10.7 Å². The van der Waals surface area contributed by atoms with E-state index in [0.717, 1.165) is 5.71 Å².